The molecule has 1 aliphatic heterocycles. The summed E-state index contributed by atoms with van der Waals surface area (Å²) in [5.74, 6) is -1.90. The summed E-state index contributed by atoms with van der Waals surface area (Å²) in [6.07, 6.45) is 0.872. The molecule has 1 heterocycles. The van der Waals surface area contributed by atoms with Gasteiger partial charge in [0.2, 0.25) is 0 Å². The minimum atomic E-state index is -1.35. The lowest BCUT2D eigenvalue weighted by Gasteiger charge is -2.61. The molecule has 0 amide bonds. The second-order valence-corrected chi connectivity index (χ2v) is 11.3. The highest BCUT2D eigenvalue weighted by Gasteiger charge is 2.77. The summed E-state index contributed by atoms with van der Waals surface area (Å²) in [4.78, 5) is 25.2. The number of halogens is 1. The van der Waals surface area contributed by atoms with Crippen molar-refractivity contribution in [3.05, 3.63) is 11.6 Å². The molecule has 4 fully saturated rings. The smallest absolute Gasteiger partial charge is 0.193 e. The van der Waals surface area contributed by atoms with Crippen molar-refractivity contribution in [2.24, 2.45) is 28.6 Å². The molecule has 5 aliphatic rings. The standard InChI is InChI=1S/C24H33FO6/c1-21(2)30-19-9-14-13-8-16(25)15-7-12(27)5-6-22(15,3)20(13)17(28)10-23(14,4)24(19,31-21)18(29)11-26/h7,13-14,16-17,19-20,26,28H,5-6,8-11H2,1-4H3/t13?,14?,16-,17?,19+,20?,22?,23?,24+/m0/s1. The van der Waals surface area contributed by atoms with Crippen molar-refractivity contribution in [2.75, 3.05) is 6.61 Å². The first-order valence-corrected chi connectivity index (χ1v) is 11.5. The Balaban J connectivity index is 1.61. The van der Waals surface area contributed by atoms with Crippen molar-refractivity contribution in [1.29, 1.82) is 0 Å². The van der Waals surface area contributed by atoms with Crippen molar-refractivity contribution in [1.82, 2.24) is 0 Å². The Morgan fingerprint density at radius 3 is 2.65 bits per heavy atom. The number of fused-ring (bicyclic) bond motifs is 7. The molecule has 6 unspecified atom stereocenters. The van der Waals surface area contributed by atoms with Crippen LogP contribution < -0.4 is 0 Å². The average Bonchev–Trinajstić information content (AvgIpc) is 3.08. The Hall–Kier alpha value is -1.15. The number of allylic oxidation sites excluding steroid dienone is 1. The summed E-state index contributed by atoms with van der Waals surface area (Å²) in [7, 11) is 0. The van der Waals surface area contributed by atoms with Crippen LogP contribution in [0.2, 0.25) is 0 Å². The molecular formula is C24H33FO6. The Kier molecular flexibility index (Phi) is 4.52. The van der Waals surface area contributed by atoms with E-state index in [0.717, 1.165) is 0 Å². The summed E-state index contributed by atoms with van der Waals surface area (Å²) < 4.78 is 27.9. The highest BCUT2D eigenvalue weighted by atomic mass is 19.1. The van der Waals surface area contributed by atoms with E-state index in [-0.39, 0.29) is 30.0 Å². The second-order valence-electron chi connectivity index (χ2n) is 11.3. The summed E-state index contributed by atoms with van der Waals surface area (Å²) in [6.45, 7) is 6.78. The SMILES string of the molecule is CC1(C)O[C@@H]2CC3C4C[C@H](F)C5=CC(=O)CCC5(C)C4C(O)CC3(C)[C@]2(C(=O)CO)O1. The van der Waals surface area contributed by atoms with E-state index in [1.165, 1.54) is 6.08 Å². The van der Waals surface area contributed by atoms with Gasteiger partial charge >= 0.3 is 0 Å². The number of aliphatic hydroxyl groups excluding tert-OH is 2. The second kappa shape index (κ2) is 6.46. The molecule has 31 heavy (non-hydrogen) atoms. The molecule has 0 aromatic rings. The van der Waals surface area contributed by atoms with Gasteiger partial charge in [-0.2, -0.15) is 0 Å². The number of alkyl halides is 1. The molecule has 1 saturated heterocycles. The van der Waals surface area contributed by atoms with Crippen LogP contribution in [0.3, 0.4) is 0 Å². The molecule has 5 rings (SSSR count). The minimum Gasteiger partial charge on any atom is -0.393 e. The summed E-state index contributed by atoms with van der Waals surface area (Å²) in [5.41, 5.74) is -2.19. The van der Waals surface area contributed by atoms with Gasteiger partial charge < -0.3 is 19.7 Å². The molecule has 0 aromatic carbocycles. The normalized spacial score (nSPS) is 52.6. The van der Waals surface area contributed by atoms with Crippen LogP contribution >= 0.6 is 0 Å². The first kappa shape index (κ1) is 21.7. The third-order valence-corrected chi connectivity index (χ3v) is 9.42. The Bertz CT molecular complexity index is 868. The average molecular weight is 437 g/mol. The van der Waals surface area contributed by atoms with E-state index >= 15 is 4.39 Å². The molecule has 9 atom stereocenters. The van der Waals surface area contributed by atoms with Gasteiger partial charge in [0.1, 0.15) is 12.8 Å². The van der Waals surface area contributed by atoms with Crippen LogP contribution in [0.25, 0.3) is 0 Å². The molecule has 6 nitrogen and oxygen atoms in total. The summed E-state index contributed by atoms with van der Waals surface area (Å²) in [5, 5.41) is 21.3. The zero-order valence-corrected chi connectivity index (χ0v) is 18.7. The summed E-state index contributed by atoms with van der Waals surface area (Å²) in [6, 6.07) is 0. The van der Waals surface area contributed by atoms with Gasteiger partial charge in [0.15, 0.2) is 23.0 Å². The van der Waals surface area contributed by atoms with Gasteiger partial charge in [0, 0.05) is 11.8 Å². The first-order chi connectivity index (χ1) is 14.4. The van der Waals surface area contributed by atoms with Crippen LogP contribution in [-0.4, -0.2) is 58.2 Å². The molecular weight excluding hydrogens is 403 g/mol. The zero-order chi connectivity index (χ0) is 22.6. The Labute approximate surface area is 182 Å². The van der Waals surface area contributed by atoms with Gasteiger partial charge in [-0.1, -0.05) is 13.8 Å². The number of ketones is 2. The fourth-order valence-electron chi connectivity index (χ4n) is 8.41. The van der Waals surface area contributed by atoms with Gasteiger partial charge in [-0.15, -0.1) is 0 Å². The topological polar surface area (TPSA) is 93.1 Å². The molecule has 2 N–H and O–H groups in total. The van der Waals surface area contributed by atoms with Crippen molar-refractivity contribution in [3.8, 4) is 0 Å². The number of ether oxygens (including phenoxy) is 2. The van der Waals surface area contributed by atoms with Crippen LogP contribution in [0.5, 0.6) is 0 Å². The maximum absolute atomic E-state index is 15.5. The van der Waals surface area contributed by atoms with E-state index in [9.17, 15) is 19.8 Å². The van der Waals surface area contributed by atoms with E-state index in [1.54, 1.807) is 13.8 Å². The Morgan fingerprint density at radius 2 is 1.97 bits per heavy atom. The van der Waals surface area contributed by atoms with Gasteiger partial charge in [0.05, 0.1) is 12.2 Å². The van der Waals surface area contributed by atoms with Crippen LogP contribution in [0.1, 0.15) is 59.8 Å². The third-order valence-electron chi connectivity index (χ3n) is 9.42. The lowest BCUT2D eigenvalue weighted by Crippen LogP contribution is -2.64. The maximum atomic E-state index is 15.5. The van der Waals surface area contributed by atoms with Crippen LogP contribution in [-0.2, 0) is 19.1 Å². The van der Waals surface area contributed by atoms with E-state index in [0.29, 0.717) is 31.3 Å². The highest BCUT2D eigenvalue weighted by molar-refractivity contribution is 5.92. The number of Topliss-reactive ketones (excluding diaryl/α,β-unsaturated/α-hetero) is 1. The van der Waals surface area contributed by atoms with Crippen molar-refractivity contribution < 1.29 is 33.7 Å². The lowest BCUT2D eigenvalue weighted by atomic mass is 9.45. The van der Waals surface area contributed by atoms with Crippen molar-refractivity contribution >= 4 is 11.6 Å². The third kappa shape index (κ3) is 2.58. The van der Waals surface area contributed by atoms with Crippen LogP contribution in [0.15, 0.2) is 11.6 Å². The molecule has 3 saturated carbocycles. The number of aliphatic hydroxyl groups is 2. The van der Waals surface area contributed by atoms with Gasteiger partial charge in [-0.3, -0.25) is 9.59 Å². The zero-order valence-electron chi connectivity index (χ0n) is 18.7. The molecule has 0 radical (unpaired) electrons. The van der Waals surface area contributed by atoms with E-state index in [2.05, 4.69) is 0 Å². The Morgan fingerprint density at radius 1 is 1.26 bits per heavy atom. The number of hydrogen-bond acceptors (Lipinski definition) is 6. The van der Waals surface area contributed by atoms with E-state index in [4.69, 9.17) is 9.47 Å². The van der Waals surface area contributed by atoms with Gasteiger partial charge in [0.25, 0.3) is 0 Å². The number of rotatable bonds is 2. The fraction of sp³-hybridized carbons (Fsp3) is 0.833. The largest absolute Gasteiger partial charge is 0.393 e. The molecule has 172 valence electrons. The predicted molar refractivity (Wildman–Crippen MR) is 109 cm³/mol. The van der Waals surface area contributed by atoms with Gasteiger partial charge in [-0.05, 0) is 74.3 Å². The lowest BCUT2D eigenvalue weighted by molar-refractivity contribution is -0.228. The minimum absolute atomic E-state index is 0.0457. The number of carbonyl (C=O) groups is 2. The quantitative estimate of drug-likeness (QED) is 0.691. The fourth-order valence-corrected chi connectivity index (χ4v) is 8.41. The van der Waals surface area contributed by atoms with E-state index < -0.39 is 53.0 Å². The monoisotopic (exact) mass is 436 g/mol. The summed E-state index contributed by atoms with van der Waals surface area (Å²) >= 11 is 0. The molecule has 0 bridgehead atoms. The van der Waals surface area contributed by atoms with E-state index in [1.807, 2.05) is 13.8 Å². The molecule has 7 heteroatoms. The maximum Gasteiger partial charge on any atom is 0.193 e. The number of hydrogen-bond donors (Lipinski definition) is 2. The first-order valence-electron chi connectivity index (χ1n) is 11.5. The van der Waals surface area contributed by atoms with Crippen molar-refractivity contribution in [2.45, 2.75) is 89.6 Å². The van der Waals surface area contributed by atoms with Crippen LogP contribution in [0, 0.1) is 28.6 Å². The molecule has 0 aromatic heterocycles. The van der Waals surface area contributed by atoms with Crippen LogP contribution in [0.4, 0.5) is 4.39 Å². The molecule has 4 aliphatic carbocycles. The van der Waals surface area contributed by atoms with Gasteiger partial charge in [-0.25, -0.2) is 4.39 Å². The predicted octanol–water partition coefficient (Wildman–Crippen LogP) is 2.50. The number of carbonyl (C=O) groups excluding carboxylic acids is 2. The molecule has 0 spiro atoms. The van der Waals surface area contributed by atoms with Crippen molar-refractivity contribution in [3.63, 3.8) is 0 Å². The highest BCUT2D eigenvalue weighted by Crippen LogP contribution is 2.70.